The number of nitrogens with one attached hydrogen (secondary N) is 2. The van der Waals surface area contributed by atoms with E-state index in [1.165, 1.54) is 4.90 Å². The molecular formula is C15H25ClN2O2S. The van der Waals surface area contributed by atoms with Crippen molar-refractivity contribution in [3.8, 4) is 5.75 Å². The minimum Gasteiger partial charge on any atom is -0.481 e. The van der Waals surface area contributed by atoms with E-state index in [9.17, 15) is 4.79 Å². The summed E-state index contributed by atoms with van der Waals surface area (Å²) >= 11 is 1.68. The van der Waals surface area contributed by atoms with Gasteiger partial charge in [0.2, 0.25) is 0 Å². The zero-order valence-corrected chi connectivity index (χ0v) is 14.6. The lowest BCUT2D eigenvalue weighted by Gasteiger charge is -2.17. The largest absolute Gasteiger partial charge is 0.481 e. The van der Waals surface area contributed by atoms with E-state index in [0.29, 0.717) is 12.3 Å². The predicted molar refractivity (Wildman–Crippen MR) is 91.7 cm³/mol. The fraction of sp³-hybridized carbons (Fsp3) is 0.533. The van der Waals surface area contributed by atoms with Crippen molar-refractivity contribution < 1.29 is 9.53 Å². The molecule has 2 N–H and O–H groups in total. The number of halogens is 1. The molecule has 0 fully saturated rings. The Labute approximate surface area is 137 Å². The normalized spacial score (nSPS) is 13.0. The highest BCUT2D eigenvalue weighted by atomic mass is 35.5. The number of carbonyl (C=O) groups is 1. The van der Waals surface area contributed by atoms with Gasteiger partial charge in [0.1, 0.15) is 5.75 Å². The number of ether oxygens (including phenoxy) is 1. The molecular weight excluding hydrogens is 308 g/mol. The summed E-state index contributed by atoms with van der Waals surface area (Å²) in [4.78, 5) is 13.1. The summed E-state index contributed by atoms with van der Waals surface area (Å²) in [5.74, 6) is 0.619. The van der Waals surface area contributed by atoms with Crippen LogP contribution in [0.2, 0.25) is 0 Å². The van der Waals surface area contributed by atoms with Crippen molar-refractivity contribution in [1.82, 2.24) is 10.6 Å². The molecule has 120 valence electrons. The molecule has 0 saturated heterocycles. The highest BCUT2D eigenvalue weighted by Gasteiger charge is 2.15. The van der Waals surface area contributed by atoms with Crippen LogP contribution in [0.4, 0.5) is 0 Å². The van der Waals surface area contributed by atoms with Crippen LogP contribution in [0.1, 0.15) is 20.8 Å². The number of hydrogen-bond acceptors (Lipinski definition) is 4. The first-order chi connectivity index (χ1) is 9.56. The van der Waals surface area contributed by atoms with E-state index in [0.717, 1.165) is 6.54 Å². The third-order valence-corrected chi connectivity index (χ3v) is 3.62. The number of likely N-dealkylation sites (N-methyl/N-ethyl adjacent to an activating group) is 1. The summed E-state index contributed by atoms with van der Waals surface area (Å²) in [6.07, 6.45) is 1.53. The first kappa shape index (κ1) is 20.1. The summed E-state index contributed by atoms with van der Waals surface area (Å²) in [6.45, 7) is 7.34. The number of thioether (sulfide) groups is 1. The fourth-order valence-electron chi connectivity index (χ4n) is 1.73. The van der Waals surface area contributed by atoms with Crippen molar-refractivity contribution in [2.45, 2.75) is 37.8 Å². The molecule has 1 amide bonds. The molecule has 0 radical (unpaired) electrons. The summed E-state index contributed by atoms with van der Waals surface area (Å²) in [6, 6.07) is 8.00. The van der Waals surface area contributed by atoms with Crippen molar-refractivity contribution >= 4 is 30.1 Å². The number of carbonyl (C=O) groups excluding carboxylic acids is 1. The standard InChI is InChI=1S/C15H24N2O2S.ClH/c1-5-16-11(2)10-17-15(18)12(3)19-13-6-8-14(20-4)9-7-13;/h6-9,11-12,16H,5,10H2,1-4H3,(H,17,18);1H/t11-,12?;/m1./s1. The second-order valence-electron chi connectivity index (χ2n) is 4.64. The summed E-state index contributed by atoms with van der Waals surface area (Å²) in [7, 11) is 0. The van der Waals surface area contributed by atoms with Crippen LogP contribution in [0.5, 0.6) is 5.75 Å². The van der Waals surface area contributed by atoms with Crippen molar-refractivity contribution in [3.63, 3.8) is 0 Å². The Balaban J connectivity index is 0.00000400. The van der Waals surface area contributed by atoms with E-state index in [1.54, 1.807) is 18.7 Å². The van der Waals surface area contributed by atoms with Gasteiger partial charge in [-0.25, -0.2) is 0 Å². The van der Waals surface area contributed by atoms with Crippen molar-refractivity contribution in [3.05, 3.63) is 24.3 Å². The lowest BCUT2D eigenvalue weighted by molar-refractivity contribution is -0.127. The van der Waals surface area contributed by atoms with Gasteiger partial charge in [0.05, 0.1) is 0 Å². The second kappa shape index (κ2) is 10.8. The van der Waals surface area contributed by atoms with Gasteiger partial charge in [0.15, 0.2) is 6.10 Å². The van der Waals surface area contributed by atoms with E-state index in [1.807, 2.05) is 44.4 Å². The van der Waals surface area contributed by atoms with E-state index >= 15 is 0 Å². The van der Waals surface area contributed by atoms with Crippen LogP contribution in [-0.4, -0.2) is 37.4 Å². The number of amides is 1. The molecule has 1 aromatic carbocycles. The highest BCUT2D eigenvalue weighted by molar-refractivity contribution is 7.98. The van der Waals surface area contributed by atoms with Gasteiger partial charge >= 0.3 is 0 Å². The molecule has 4 nitrogen and oxygen atoms in total. The van der Waals surface area contributed by atoms with Gasteiger partial charge in [-0.2, -0.15) is 0 Å². The number of rotatable bonds is 8. The highest BCUT2D eigenvalue weighted by Crippen LogP contribution is 2.19. The maximum atomic E-state index is 11.9. The molecule has 1 aromatic rings. The maximum absolute atomic E-state index is 11.9. The van der Waals surface area contributed by atoms with Gasteiger partial charge in [0.25, 0.3) is 5.91 Å². The predicted octanol–water partition coefficient (Wildman–Crippen LogP) is 2.71. The molecule has 21 heavy (non-hydrogen) atoms. The summed E-state index contributed by atoms with van der Waals surface area (Å²) in [5, 5.41) is 6.12. The Morgan fingerprint density at radius 2 is 1.90 bits per heavy atom. The molecule has 0 aromatic heterocycles. The first-order valence-electron chi connectivity index (χ1n) is 6.88. The van der Waals surface area contributed by atoms with Crippen molar-refractivity contribution in [2.24, 2.45) is 0 Å². The second-order valence-corrected chi connectivity index (χ2v) is 5.52. The average molecular weight is 333 g/mol. The van der Waals surface area contributed by atoms with E-state index in [-0.39, 0.29) is 24.4 Å². The molecule has 0 aliphatic rings. The van der Waals surface area contributed by atoms with E-state index < -0.39 is 6.10 Å². The average Bonchev–Trinajstić information content (AvgIpc) is 2.45. The number of benzene rings is 1. The van der Waals surface area contributed by atoms with Crippen LogP contribution < -0.4 is 15.4 Å². The third kappa shape index (κ3) is 7.60. The Hall–Kier alpha value is -0.910. The van der Waals surface area contributed by atoms with E-state index in [2.05, 4.69) is 10.6 Å². The SMILES string of the molecule is CCN[C@H](C)CNC(=O)C(C)Oc1ccc(SC)cc1.Cl. The molecule has 0 heterocycles. The molecule has 1 rings (SSSR count). The lowest BCUT2D eigenvalue weighted by atomic mass is 10.3. The van der Waals surface area contributed by atoms with Crippen LogP contribution in [0.3, 0.4) is 0 Å². The van der Waals surface area contributed by atoms with Gasteiger partial charge in [-0.1, -0.05) is 6.92 Å². The third-order valence-electron chi connectivity index (χ3n) is 2.88. The van der Waals surface area contributed by atoms with Gasteiger partial charge in [-0.15, -0.1) is 24.2 Å². The minimum absolute atomic E-state index is 0. The first-order valence-corrected chi connectivity index (χ1v) is 8.11. The van der Waals surface area contributed by atoms with Crippen LogP contribution in [0.25, 0.3) is 0 Å². The quantitative estimate of drug-likeness (QED) is 0.719. The summed E-state index contributed by atoms with van der Waals surface area (Å²) in [5.41, 5.74) is 0. The smallest absolute Gasteiger partial charge is 0.260 e. The van der Waals surface area contributed by atoms with Crippen LogP contribution in [0, 0.1) is 0 Å². The van der Waals surface area contributed by atoms with Crippen LogP contribution >= 0.6 is 24.2 Å². The van der Waals surface area contributed by atoms with Gasteiger partial charge in [-0.05, 0) is 50.9 Å². The summed E-state index contributed by atoms with van der Waals surface area (Å²) < 4.78 is 5.63. The van der Waals surface area contributed by atoms with Gasteiger partial charge in [0, 0.05) is 17.5 Å². The Morgan fingerprint density at radius 1 is 1.29 bits per heavy atom. The molecule has 0 saturated carbocycles. The van der Waals surface area contributed by atoms with Crippen molar-refractivity contribution in [2.75, 3.05) is 19.3 Å². The Morgan fingerprint density at radius 3 is 2.43 bits per heavy atom. The Bertz CT molecular complexity index is 415. The zero-order chi connectivity index (χ0) is 15.0. The topological polar surface area (TPSA) is 50.4 Å². The zero-order valence-electron chi connectivity index (χ0n) is 13.0. The monoisotopic (exact) mass is 332 g/mol. The maximum Gasteiger partial charge on any atom is 0.260 e. The van der Waals surface area contributed by atoms with Crippen LogP contribution in [0.15, 0.2) is 29.2 Å². The number of hydrogen-bond donors (Lipinski definition) is 2. The molecule has 2 atom stereocenters. The minimum atomic E-state index is -0.496. The van der Waals surface area contributed by atoms with Gasteiger partial charge < -0.3 is 15.4 Å². The Kier molecular flexibility index (Phi) is 10.3. The molecule has 0 aliphatic carbocycles. The van der Waals surface area contributed by atoms with E-state index in [4.69, 9.17) is 4.74 Å². The molecule has 1 unspecified atom stereocenters. The lowest BCUT2D eigenvalue weighted by Crippen LogP contribution is -2.43. The molecule has 0 aliphatic heterocycles. The van der Waals surface area contributed by atoms with Crippen molar-refractivity contribution in [1.29, 1.82) is 0 Å². The van der Waals surface area contributed by atoms with Gasteiger partial charge in [-0.3, -0.25) is 4.79 Å². The molecule has 6 heteroatoms. The fourth-order valence-corrected chi connectivity index (χ4v) is 2.14. The molecule has 0 spiro atoms. The molecule has 0 bridgehead atoms. The van der Waals surface area contributed by atoms with Crippen LogP contribution in [-0.2, 0) is 4.79 Å².